The number of amides is 1. The number of ether oxygens (including phenoxy) is 3. The molecule has 2 fully saturated rings. The topological polar surface area (TPSA) is 82.1 Å². The minimum atomic E-state index is -1.19. The summed E-state index contributed by atoms with van der Waals surface area (Å²) in [6.45, 7) is 2.85. The number of cyclic esters (lactones) is 2. The number of carbonyl (C=O) groups is 3. The Morgan fingerprint density at radius 3 is 2.81 bits per heavy atom. The average Bonchev–Trinajstić information content (AvgIpc) is 2.41. The summed E-state index contributed by atoms with van der Waals surface area (Å²) >= 11 is 1.19. The van der Waals surface area contributed by atoms with Crippen LogP contribution in [0.3, 0.4) is 0 Å². The molecular formula is C8H9NO6S. The predicted octanol–water partition coefficient (Wildman–Crippen LogP) is 0.885. The molecule has 2 unspecified atom stereocenters. The number of nitrogens with zero attached hydrogens (tertiary/aromatic N) is 1. The first-order valence-electron chi connectivity index (χ1n) is 4.48. The van der Waals surface area contributed by atoms with Crippen LogP contribution in [0.1, 0.15) is 13.8 Å². The minimum absolute atomic E-state index is 0.332. The molecule has 2 aliphatic rings. The number of rotatable bonds is 0. The Balaban J connectivity index is 2.34. The van der Waals surface area contributed by atoms with Crippen LogP contribution in [0.2, 0.25) is 0 Å². The highest BCUT2D eigenvalue weighted by atomic mass is 32.2. The fourth-order valence-corrected chi connectivity index (χ4v) is 2.85. The fourth-order valence-electron chi connectivity index (χ4n) is 1.66. The normalized spacial score (nSPS) is 33.4. The molecule has 0 N–H and O–H groups in total. The third-order valence-electron chi connectivity index (χ3n) is 2.23. The van der Waals surface area contributed by atoms with Crippen LogP contribution in [0.25, 0.3) is 0 Å². The highest BCUT2D eigenvalue weighted by Gasteiger charge is 2.52. The molecule has 2 rings (SSSR count). The van der Waals surface area contributed by atoms with Crippen molar-refractivity contribution in [2.24, 2.45) is 0 Å². The summed E-state index contributed by atoms with van der Waals surface area (Å²) in [5, 5.41) is -1.19. The highest BCUT2D eigenvalue weighted by molar-refractivity contribution is 8.00. The van der Waals surface area contributed by atoms with E-state index in [1.54, 1.807) is 6.92 Å². The summed E-state index contributed by atoms with van der Waals surface area (Å²) in [6.07, 6.45) is -3.11. The van der Waals surface area contributed by atoms with Crippen molar-refractivity contribution in [2.75, 3.05) is 5.75 Å². The summed E-state index contributed by atoms with van der Waals surface area (Å²) in [4.78, 5) is 34.8. The molecule has 0 aromatic carbocycles. The summed E-state index contributed by atoms with van der Waals surface area (Å²) in [5.74, 6) is -0.0154. The SMILES string of the molecule is CC(=O)N1C2CSC1(C)OC(=O)OC(=O)O2. The van der Waals surface area contributed by atoms with E-state index >= 15 is 0 Å². The van der Waals surface area contributed by atoms with E-state index in [0.29, 0.717) is 5.75 Å². The molecule has 8 heteroatoms. The molecule has 0 saturated carbocycles. The van der Waals surface area contributed by atoms with E-state index in [1.807, 2.05) is 0 Å². The number of hydrogen-bond acceptors (Lipinski definition) is 7. The maximum atomic E-state index is 11.4. The lowest BCUT2D eigenvalue weighted by Gasteiger charge is -2.35. The maximum absolute atomic E-state index is 11.4. The fraction of sp³-hybridized carbons (Fsp3) is 0.625. The van der Waals surface area contributed by atoms with E-state index in [4.69, 9.17) is 9.47 Å². The van der Waals surface area contributed by atoms with Crippen LogP contribution >= 0.6 is 11.8 Å². The van der Waals surface area contributed by atoms with E-state index in [2.05, 4.69) is 4.74 Å². The van der Waals surface area contributed by atoms with Gasteiger partial charge in [0.05, 0.1) is 5.75 Å². The minimum Gasteiger partial charge on any atom is -0.409 e. The van der Waals surface area contributed by atoms with E-state index in [-0.39, 0.29) is 5.91 Å². The average molecular weight is 247 g/mol. The summed E-state index contributed by atoms with van der Waals surface area (Å²) < 4.78 is 13.9. The van der Waals surface area contributed by atoms with Gasteiger partial charge in [-0.2, -0.15) is 0 Å². The Kier molecular flexibility index (Phi) is 2.45. The summed E-state index contributed by atoms with van der Waals surface area (Å²) in [5.41, 5.74) is 0. The van der Waals surface area contributed by atoms with Gasteiger partial charge in [-0.05, 0) is 0 Å². The quantitative estimate of drug-likeness (QED) is 0.464. The number of hydrogen-bond donors (Lipinski definition) is 0. The van der Waals surface area contributed by atoms with Gasteiger partial charge < -0.3 is 14.2 Å². The molecule has 0 aromatic rings. The second kappa shape index (κ2) is 3.55. The van der Waals surface area contributed by atoms with E-state index < -0.39 is 23.6 Å². The van der Waals surface area contributed by atoms with Crippen LogP contribution in [0.4, 0.5) is 9.59 Å². The molecular weight excluding hydrogens is 238 g/mol. The number of thioether (sulfide) groups is 1. The zero-order valence-electron chi connectivity index (χ0n) is 8.59. The first kappa shape index (κ1) is 11.1. The molecule has 0 aromatic heterocycles. The standard InChI is InChI=1S/C8H9NO6S/c1-4(10)9-5-3-16-8(9,2)15-7(12)14-6(11)13-5/h5H,3H2,1-2H3. The second-order valence-corrected chi connectivity index (χ2v) is 4.75. The molecule has 16 heavy (non-hydrogen) atoms. The lowest BCUT2D eigenvalue weighted by Crippen LogP contribution is -2.52. The lowest BCUT2D eigenvalue weighted by atomic mass is 10.4. The lowest BCUT2D eigenvalue weighted by molar-refractivity contribution is -0.166. The summed E-state index contributed by atoms with van der Waals surface area (Å²) in [6, 6.07) is 0. The van der Waals surface area contributed by atoms with Gasteiger partial charge in [0.25, 0.3) is 0 Å². The molecule has 0 spiro atoms. The van der Waals surface area contributed by atoms with Crippen LogP contribution in [0, 0.1) is 0 Å². The maximum Gasteiger partial charge on any atom is 0.521 e. The molecule has 2 bridgehead atoms. The predicted molar refractivity (Wildman–Crippen MR) is 51.2 cm³/mol. The van der Waals surface area contributed by atoms with Gasteiger partial charge in [0.15, 0.2) is 6.23 Å². The molecule has 2 saturated heterocycles. The Hall–Kier alpha value is -1.44. The molecule has 7 nitrogen and oxygen atoms in total. The van der Waals surface area contributed by atoms with Crippen LogP contribution < -0.4 is 0 Å². The summed E-state index contributed by atoms with van der Waals surface area (Å²) in [7, 11) is 0. The number of carbonyl (C=O) groups excluding carboxylic acids is 3. The van der Waals surface area contributed by atoms with E-state index in [0.717, 1.165) is 0 Å². The zero-order chi connectivity index (χ0) is 11.9. The Morgan fingerprint density at radius 2 is 2.19 bits per heavy atom. The van der Waals surface area contributed by atoms with Crippen LogP contribution in [0.5, 0.6) is 0 Å². The van der Waals surface area contributed by atoms with Crippen LogP contribution in [-0.4, -0.2) is 40.2 Å². The van der Waals surface area contributed by atoms with Crippen molar-refractivity contribution in [3.8, 4) is 0 Å². The Morgan fingerprint density at radius 1 is 1.50 bits per heavy atom. The van der Waals surface area contributed by atoms with Gasteiger partial charge in [0.2, 0.25) is 11.0 Å². The van der Waals surface area contributed by atoms with Gasteiger partial charge in [-0.3, -0.25) is 9.69 Å². The zero-order valence-corrected chi connectivity index (χ0v) is 9.41. The van der Waals surface area contributed by atoms with E-state index in [9.17, 15) is 14.4 Å². The van der Waals surface area contributed by atoms with Gasteiger partial charge in [0.1, 0.15) is 0 Å². The molecule has 2 atom stereocenters. The molecule has 88 valence electrons. The van der Waals surface area contributed by atoms with Gasteiger partial charge in [-0.1, -0.05) is 11.8 Å². The van der Waals surface area contributed by atoms with Crippen LogP contribution in [0.15, 0.2) is 0 Å². The van der Waals surface area contributed by atoms with Crippen molar-refractivity contribution < 1.29 is 28.6 Å². The molecule has 2 aliphatic heterocycles. The highest BCUT2D eigenvalue weighted by Crippen LogP contribution is 2.42. The van der Waals surface area contributed by atoms with E-state index in [1.165, 1.54) is 23.6 Å². The monoisotopic (exact) mass is 247 g/mol. The van der Waals surface area contributed by atoms with Crippen molar-refractivity contribution in [1.29, 1.82) is 0 Å². The second-order valence-electron chi connectivity index (χ2n) is 3.37. The van der Waals surface area contributed by atoms with Gasteiger partial charge >= 0.3 is 12.3 Å². The third-order valence-corrected chi connectivity index (χ3v) is 3.50. The Labute approximate surface area is 95.0 Å². The van der Waals surface area contributed by atoms with Crippen molar-refractivity contribution in [3.63, 3.8) is 0 Å². The molecule has 2 heterocycles. The van der Waals surface area contributed by atoms with Crippen LogP contribution in [-0.2, 0) is 19.0 Å². The first-order valence-corrected chi connectivity index (χ1v) is 5.46. The van der Waals surface area contributed by atoms with Crippen molar-refractivity contribution in [1.82, 2.24) is 4.90 Å². The van der Waals surface area contributed by atoms with Crippen molar-refractivity contribution >= 4 is 30.0 Å². The number of fused-ring (bicyclic) bond motifs is 2. The van der Waals surface area contributed by atoms with Gasteiger partial charge in [-0.15, -0.1) is 0 Å². The first-order chi connectivity index (χ1) is 7.42. The smallest absolute Gasteiger partial charge is 0.409 e. The third kappa shape index (κ3) is 1.69. The molecule has 0 aliphatic carbocycles. The molecule has 0 radical (unpaired) electrons. The van der Waals surface area contributed by atoms with Gasteiger partial charge in [-0.25, -0.2) is 9.59 Å². The van der Waals surface area contributed by atoms with Crippen molar-refractivity contribution in [2.45, 2.75) is 25.1 Å². The Bertz CT molecular complexity index is 372. The van der Waals surface area contributed by atoms with Gasteiger partial charge in [0, 0.05) is 13.8 Å². The molecule has 1 amide bonds. The largest absolute Gasteiger partial charge is 0.521 e. The van der Waals surface area contributed by atoms with Crippen molar-refractivity contribution in [3.05, 3.63) is 0 Å².